The van der Waals surface area contributed by atoms with Gasteiger partial charge in [-0.1, -0.05) is 11.6 Å². The molecule has 20 heavy (non-hydrogen) atoms. The van der Waals surface area contributed by atoms with E-state index in [9.17, 15) is 18.5 Å². The van der Waals surface area contributed by atoms with E-state index in [1.54, 1.807) is 6.92 Å². The van der Waals surface area contributed by atoms with Gasteiger partial charge in [0.25, 0.3) is 5.69 Å². The minimum atomic E-state index is -3.52. The number of nitro groups is 1. The highest BCUT2D eigenvalue weighted by Gasteiger charge is 2.18. The summed E-state index contributed by atoms with van der Waals surface area (Å²) in [5.41, 5.74) is 0.419. The van der Waals surface area contributed by atoms with Crippen molar-refractivity contribution in [3.63, 3.8) is 0 Å². The van der Waals surface area contributed by atoms with E-state index in [2.05, 4.69) is 4.72 Å². The first kappa shape index (κ1) is 17.0. The lowest BCUT2D eigenvalue weighted by molar-refractivity contribution is -0.384. The molecule has 0 bridgehead atoms. The molecule has 0 aromatic heterocycles. The second kappa shape index (κ2) is 7.10. The number of alkyl halides is 1. The average molecular weight is 341 g/mol. The van der Waals surface area contributed by atoms with Crippen LogP contribution in [0, 0.1) is 17.0 Å². The van der Waals surface area contributed by atoms with Crippen molar-refractivity contribution in [1.29, 1.82) is 0 Å². The summed E-state index contributed by atoms with van der Waals surface area (Å²) < 4.78 is 26.0. The van der Waals surface area contributed by atoms with Gasteiger partial charge >= 0.3 is 0 Å². The van der Waals surface area contributed by atoms with Crippen molar-refractivity contribution in [3.05, 3.63) is 32.8 Å². The van der Waals surface area contributed by atoms with Gasteiger partial charge in [-0.15, -0.1) is 11.6 Å². The fourth-order valence-electron chi connectivity index (χ4n) is 1.52. The standard InChI is InChI=1S/C11H14Cl2N2O4S/c1-8-6-11(15(16)17)9(13)7-10(8)14-20(18,19)5-3-2-4-12/h6-7,14H,2-5H2,1H3. The molecule has 6 nitrogen and oxygen atoms in total. The molecular formula is C11H14Cl2N2O4S. The fourth-order valence-corrected chi connectivity index (χ4v) is 3.18. The quantitative estimate of drug-likeness (QED) is 0.357. The first-order chi connectivity index (χ1) is 9.26. The average Bonchev–Trinajstić information content (AvgIpc) is 2.32. The van der Waals surface area contributed by atoms with Gasteiger partial charge in [-0.3, -0.25) is 14.8 Å². The van der Waals surface area contributed by atoms with Crippen LogP contribution in [-0.2, 0) is 10.0 Å². The zero-order valence-corrected chi connectivity index (χ0v) is 13.1. The number of nitro benzene ring substituents is 1. The molecular weight excluding hydrogens is 327 g/mol. The van der Waals surface area contributed by atoms with Crippen LogP contribution in [0.25, 0.3) is 0 Å². The molecule has 0 aliphatic heterocycles. The molecule has 0 radical (unpaired) electrons. The molecule has 0 saturated carbocycles. The Bertz CT molecular complexity index is 605. The molecule has 1 rings (SSSR count). The highest BCUT2D eigenvalue weighted by molar-refractivity contribution is 7.92. The molecule has 9 heteroatoms. The van der Waals surface area contributed by atoms with Crippen LogP contribution in [0.1, 0.15) is 18.4 Å². The summed E-state index contributed by atoms with van der Waals surface area (Å²) in [7, 11) is -3.52. The Morgan fingerprint density at radius 2 is 2.00 bits per heavy atom. The van der Waals surface area contributed by atoms with E-state index in [4.69, 9.17) is 23.2 Å². The van der Waals surface area contributed by atoms with Crippen molar-refractivity contribution in [3.8, 4) is 0 Å². The zero-order valence-electron chi connectivity index (χ0n) is 10.7. The zero-order chi connectivity index (χ0) is 15.3. The molecule has 0 aliphatic carbocycles. The van der Waals surface area contributed by atoms with E-state index in [0.29, 0.717) is 24.3 Å². The highest BCUT2D eigenvalue weighted by Crippen LogP contribution is 2.31. The molecule has 0 heterocycles. The third-order valence-corrected chi connectivity index (χ3v) is 4.48. The van der Waals surface area contributed by atoms with Gasteiger partial charge in [0.15, 0.2) is 0 Å². The molecule has 0 atom stereocenters. The monoisotopic (exact) mass is 340 g/mol. The van der Waals surface area contributed by atoms with Gasteiger partial charge in [-0.2, -0.15) is 0 Å². The minimum Gasteiger partial charge on any atom is -0.283 e. The molecule has 1 aromatic rings. The van der Waals surface area contributed by atoms with Crippen LogP contribution in [-0.4, -0.2) is 25.0 Å². The van der Waals surface area contributed by atoms with Gasteiger partial charge in [0.1, 0.15) is 5.02 Å². The minimum absolute atomic E-state index is 0.0617. The molecule has 1 N–H and O–H groups in total. The van der Waals surface area contributed by atoms with Crippen LogP contribution >= 0.6 is 23.2 Å². The third kappa shape index (κ3) is 4.81. The number of nitrogens with one attached hydrogen (secondary N) is 1. The van der Waals surface area contributed by atoms with Crippen molar-refractivity contribution in [1.82, 2.24) is 0 Å². The van der Waals surface area contributed by atoms with Crippen LogP contribution in [0.2, 0.25) is 5.02 Å². The summed E-state index contributed by atoms with van der Waals surface area (Å²) in [4.78, 5) is 10.1. The lowest BCUT2D eigenvalue weighted by Gasteiger charge is -2.11. The van der Waals surface area contributed by atoms with Gasteiger partial charge in [0.2, 0.25) is 10.0 Å². The molecule has 1 aromatic carbocycles. The number of benzene rings is 1. The first-order valence-electron chi connectivity index (χ1n) is 5.78. The van der Waals surface area contributed by atoms with Crippen LogP contribution in [0.4, 0.5) is 11.4 Å². The molecule has 0 spiro atoms. The lowest BCUT2D eigenvalue weighted by Crippen LogP contribution is -2.17. The topological polar surface area (TPSA) is 89.3 Å². The fraction of sp³-hybridized carbons (Fsp3) is 0.455. The van der Waals surface area contributed by atoms with Crippen LogP contribution < -0.4 is 4.72 Å². The Kier molecular flexibility index (Phi) is 6.04. The van der Waals surface area contributed by atoms with Crippen molar-refractivity contribution in [2.24, 2.45) is 0 Å². The first-order valence-corrected chi connectivity index (χ1v) is 8.34. The van der Waals surface area contributed by atoms with E-state index < -0.39 is 14.9 Å². The Morgan fingerprint density at radius 3 is 2.55 bits per heavy atom. The molecule has 0 saturated heterocycles. The van der Waals surface area contributed by atoms with Crippen molar-refractivity contribution >= 4 is 44.6 Å². The number of sulfonamides is 1. The normalized spacial score (nSPS) is 11.3. The Hall–Kier alpha value is -1.05. The van der Waals surface area contributed by atoms with Gasteiger partial charge < -0.3 is 0 Å². The Labute approximate surface area is 127 Å². The molecule has 112 valence electrons. The molecule has 0 unspecified atom stereocenters. The second-order valence-electron chi connectivity index (χ2n) is 4.19. The summed E-state index contributed by atoms with van der Waals surface area (Å²) >= 11 is 11.2. The maximum atomic E-state index is 11.8. The molecule has 0 aliphatic rings. The Morgan fingerprint density at radius 1 is 1.35 bits per heavy atom. The van der Waals surface area contributed by atoms with Gasteiger partial charge in [0, 0.05) is 11.9 Å². The largest absolute Gasteiger partial charge is 0.288 e. The smallest absolute Gasteiger partial charge is 0.283 e. The van der Waals surface area contributed by atoms with Crippen molar-refractivity contribution in [2.45, 2.75) is 19.8 Å². The number of nitrogens with zero attached hydrogens (tertiary/aromatic N) is 1. The molecule has 0 amide bonds. The predicted octanol–water partition coefficient (Wildman–Crippen LogP) is 3.32. The van der Waals surface area contributed by atoms with E-state index in [0.717, 1.165) is 0 Å². The van der Waals surface area contributed by atoms with Crippen molar-refractivity contribution < 1.29 is 13.3 Å². The van der Waals surface area contributed by atoms with Crippen LogP contribution in [0.5, 0.6) is 0 Å². The predicted molar refractivity (Wildman–Crippen MR) is 80.2 cm³/mol. The van der Waals surface area contributed by atoms with Crippen molar-refractivity contribution in [2.75, 3.05) is 16.4 Å². The van der Waals surface area contributed by atoms with Crippen LogP contribution in [0.15, 0.2) is 12.1 Å². The summed E-state index contributed by atoms with van der Waals surface area (Å²) in [6.45, 7) is 1.57. The van der Waals surface area contributed by atoms with Gasteiger partial charge in [0.05, 0.1) is 16.4 Å². The van der Waals surface area contributed by atoms with E-state index in [1.807, 2.05) is 0 Å². The van der Waals surface area contributed by atoms with Gasteiger partial charge in [-0.05, 0) is 31.4 Å². The highest BCUT2D eigenvalue weighted by atomic mass is 35.5. The lowest BCUT2D eigenvalue weighted by atomic mass is 10.2. The van der Waals surface area contributed by atoms with Crippen LogP contribution in [0.3, 0.4) is 0 Å². The number of rotatable bonds is 7. The van der Waals surface area contributed by atoms with Gasteiger partial charge in [-0.25, -0.2) is 8.42 Å². The number of halogens is 2. The molecule has 0 fully saturated rings. The summed E-state index contributed by atoms with van der Waals surface area (Å²) in [5.74, 6) is 0.339. The number of aryl methyl sites for hydroxylation is 1. The number of hydrogen-bond acceptors (Lipinski definition) is 4. The van der Waals surface area contributed by atoms with E-state index in [1.165, 1.54) is 12.1 Å². The number of anilines is 1. The van der Waals surface area contributed by atoms with E-state index >= 15 is 0 Å². The summed E-state index contributed by atoms with van der Waals surface area (Å²) in [6.07, 6.45) is 1.04. The maximum absolute atomic E-state index is 11.8. The third-order valence-electron chi connectivity index (χ3n) is 2.55. The summed E-state index contributed by atoms with van der Waals surface area (Å²) in [6, 6.07) is 2.48. The van der Waals surface area contributed by atoms with E-state index in [-0.39, 0.29) is 22.2 Å². The number of unbranched alkanes of at least 4 members (excludes halogenated alkanes) is 1. The maximum Gasteiger partial charge on any atom is 0.288 e. The number of hydrogen-bond donors (Lipinski definition) is 1. The second-order valence-corrected chi connectivity index (χ2v) is 6.82. The Balaban J connectivity index is 2.93. The SMILES string of the molecule is Cc1cc([N+](=O)[O-])c(Cl)cc1NS(=O)(=O)CCCCCl. The summed E-state index contributed by atoms with van der Waals surface area (Å²) in [5, 5.41) is 10.6.